The number of thiophene rings is 1. The zero-order chi connectivity index (χ0) is 21.2. The molecule has 0 aliphatic heterocycles. The number of alkyl halides is 3. The Bertz CT molecular complexity index is 1060. The molecule has 0 aliphatic rings. The van der Waals surface area contributed by atoms with Crippen LogP contribution >= 0.6 is 22.9 Å². The van der Waals surface area contributed by atoms with Crippen LogP contribution in [0.25, 0.3) is 10.4 Å². The lowest BCUT2D eigenvalue weighted by molar-refractivity contribution is -0.137. The molecule has 3 amide bonds. The molecule has 3 rings (SSSR count). The number of anilines is 1. The van der Waals surface area contributed by atoms with Crippen molar-refractivity contribution in [2.24, 2.45) is 0 Å². The third-order valence-corrected chi connectivity index (χ3v) is 5.51. The van der Waals surface area contributed by atoms with E-state index in [9.17, 15) is 22.8 Å². The van der Waals surface area contributed by atoms with Gasteiger partial charge in [-0.1, -0.05) is 35.9 Å². The fourth-order valence-electron chi connectivity index (χ4n) is 2.60. The van der Waals surface area contributed by atoms with E-state index in [1.54, 1.807) is 25.1 Å². The van der Waals surface area contributed by atoms with Crippen LogP contribution in [-0.2, 0) is 6.18 Å². The summed E-state index contributed by atoms with van der Waals surface area (Å²) in [6.45, 7) is 1.78. The summed E-state index contributed by atoms with van der Waals surface area (Å²) < 4.78 is 38.1. The highest BCUT2D eigenvalue weighted by atomic mass is 35.5. The minimum Gasteiger partial charge on any atom is -0.299 e. The van der Waals surface area contributed by atoms with Gasteiger partial charge in [-0.05, 0) is 48.4 Å². The van der Waals surface area contributed by atoms with Gasteiger partial charge in [0.25, 0.3) is 5.91 Å². The van der Waals surface area contributed by atoms with Gasteiger partial charge in [0.1, 0.15) is 0 Å². The number of urea groups is 1. The number of benzene rings is 2. The second kappa shape index (κ2) is 8.26. The molecule has 4 nitrogen and oxygen atoms in total. The third kappa shape index (κ3) is 4.96. The highest BCUT2D eigenvalue weighted by Crippen LogP contribution is 2.37. The van der Waals surface area contributed by atoms with Crippen LogP contribution in [-0.4, -0.2) is 11.9 Å². The molecule has 9 heteroatoms. The maximum atomic E-state index is 12.7. The standard InChI is InChI=1S/C20H14ClF3N2O2S/c1-11-10-16(25-19(28)26-18(27)14-4-2-3-5-15(14)21)29-17(11)12-6-8-13(9-7-12)20(22,23)24/h2-10H,1H3,(H2,25,26,27,28). The zero-order valence-corrected chi connectivity index (χ0v) is 16.5. The number of halogens is 4. The number of carbonyl (C=O) groups is 2. The fraction of sp³-hybridized carbons (Fsp3) is 0.100. The van der Waals surface area contributed by atoms with Crippen molar-refractivity contribution in [3.63, 3.8) is 0 Å². The number of aryl methyl sites for hydroxylation is 1. The summed E-state index contributed by atoms with van der Waals surface area (Å²) in [5, 5.41) is 5.40. The molecule has 2 N–H and O–H groups in total. The van der Waals surface area contributed by atoms with Gasteiger partial charge in [-0.3, -0.25) is 15.4 Å². The molecular weight excluding hydrogens is 425 g/mol. The molecule has 0 saturated carbocycles. The van der Waals surface area contributed by atoms with E-state index in [-0.39, 0.29) is 10.6 Å². The van der Waals surface area contributed by atoms with Crippen LogP contribution < -0.4 is 10.6 Å². The van der Waals surface area contributed by atoms with E-state index in [0.717, 1.165) is 17.7 Å². The Labute approximate surface area is 173 Å². The highest BCUT2D eigenvalue weighted by molar-refractivity contribution is 7.19. The van der Waals surface area contributed by atoms with E-state index in [0.29, 0.717) is 15.4 Å². The molecule has 3 aromatic rings. The molecular formula is C20H14ClF3N2O2S. The van der Waals surface area contributed by atoms with Crippen molar-refractivity contribution < 1.29 is 22.8 Å². The highest BCUT2D eigenvalue weighted by Gasteiger charge is 2.30. The molecule has 0 aliphatic carbocycles. The fourth-order valence-corrected chi connectivity index (χ4v) is 3.89. The summed E-state index contributed by atoms with van der Waals surface area (Å²) in [6.07, 6.45) is -4.40. The molecule has 1 aromatic heterocycles. The number of imide groups is 1. The molecule has 0 fully saturated rings. The first-order valence-electron chi connectivity index (χ1n) is 8.30. The number of amides is 3. The van der Waals surface area contributed by atoms with Crippen molar-refractivity contribution in [2.45, 2.75) is 13.1 Å². The Morgan fingerprint density at radius 1 is 1.03 bits per heavy atom. The SMILES string of the molecule is Cc1cc(NC(=O)NC(=O)c2ccccc2Cl)sc1-c1ccc(C(F)(F)F)cc1. The predicted molar refractivity (Wildman–Crippen MR) is 107 cm³/mol. The summed E-state index contributed by atoms with van der Waals surface area (Å²) in [5.74, 6) is -0.649. The van der Waals surface area contributed by atoms with Crippen LogP contribution in [0.5, 0.6) is 0 Å². The smallest absolute Gasteiger partial charge is 0.299 e. The maximum Gasteiger partial charge on any atom is 0.416 e. The van der Waals surface area contributed by atoms with Crippen LogP contribution in [0.15, 0.2) is 54.6 Å². The van der Waals surface area contributed by atoms with Crippen LogP contribution in [0, 0.1) is 6.92 Å². The van der Waals surface area contributed by atoms with Crippen molar-refractivity contribution in [1.29, 1.82) is 0 Å². The number of hydrogen-bond donors (Lipinski definition) is 2. The second-order valence-corrected chi connectivity index (χ2v) is 7.55. The van der Waals surface area contributed by atoms with Gasteiger partial charge in [0.05, 0.1) is 21.2 Å². The number of rotatable bonds is 3. The lowest BCUT2D eigenvalue weighted by Gasteiger charge is -2.07. The van der Waals surface area contributed by atoms with E-state index >= 15 is 0 Å². The Morgan fingerprint density at radius 2 is 1.69 bits per heavy atom. The molecule has 0 saturated heterocycles. The number of hydrogen-bond acceptors (Lipinski definition) is 3. The van der Waals surface area contributed by atoms with E-state index in [4.69, 9.17) is 11.6 Å². The average molecular weight is 439 g/mol. The molecule has 0 atom stereocenters. The lowest BCUT2D eigenvalue weighted by Crippen LogP contribution is -2.34. The second-order valence-electron chi connectivity index (χ2n) is 6.09. The Kier molecular flexibility index (Phi) is 5.95. The minimum absolute atomic E-state index is 0.164. The Morgan fingerprint density at radius 3 is 2.31 bits per heavy atom. The predicted octanol–water partition coefficient (Wildman–Crippen LogP) is 6.36. The van der Waals surface area contributed by atoms with E-state index in [1.807, 2.05) is 0 Å². The minimum atomic E-state index is -4.40. The molecule has 1 heterocycles. The molecule has 0 bridgehead atoms. The van der Waals surface area contributed by atoms with Crippen LogP contribution in [0.2, 0.25) is 5.02 Å². The van der Waals surface area contributed by atoms with Gasteiger partial charge in [0.2, 0.25) is 0 Å². The van der Waals surface area contributed by atoms with Crippen molar-refractivity contribution >= 4 is 39.9 Å². The number of nitrogens with one attached hydrogen (secondary N) is 2. The first kappa shape index (κ1) is 20.9. The van der Waals surface area contributed by atoms with Crippen molar-refractivity contribution in [2.75, 3.05) is 5.32 Å². The van der Waals surface area contributed by atoms with Gasteiger partial charge in [-0.2, -0.15) is 13.2 Å². The first-order valence-corrected chi connectivity index (χ1v) is 9.49. The molecule has 29 heavy (non-hydrogen) atoms. The maximum absolute atomic E-state index is 12.7. The monoisotopic (exact) mass is 438 g/mol. The summed E-state index contributed by atoms with van der Waals surface area (Å²) in [7, 11) is 0. The zero-order valence-electron chi connectivity index (χ0n) is 14.9. The van der Waals surface area contributed by atoms with Gasteiger partial charge >= 0.3 is 12.2 Å². The van der Waals surface area contributed by atoms with Crippen LogP contribution in [0.1, 0.15) is 21.5 Å². The van der Waals surface area contributed by atoms with E-state index in [2.05, 4.69) is 10.6 Å². The topological polar surface area (TPSA) is 58.2 Å². The summed E-state index contributed by atoms with van der Waals surface area (Å²) in [5.41, 5.74) is 0.812. The van der Waals surface area contributed by atoms with Crippen molar-refractivity contribution in [3.05, 3.63) is 76.3 Å². The van der Waals surface area contributed by atoms with Crippen LogP contribution in [0.4, 0.5) is 23.0 Å². The van der Waals surface area contributed by atoms with E-state index < -0.39 is 23.7 Å². The quantitative estimate of drug-likeness (QED) is 0.500. The van der Waals surface area contributed by atoms with Crippen molar-refractivity contribution in [3.8, 4) is 10.4 Å². The van der Waals surface area contributed by atoms with Gasteiger partial charge < -0.3 is 0 Å². The van der Waals surface area contributed by atoms with Gasteiger partial charge in [0.15, 0.2) is 0 Å². The molecule has 0 radical (unpaired) electrons. The summed E-state index contributed by atoms with van der Waals surface area (Å²) in [4.78, 5) is 25.0. The van der Waals surface area contributed by atoms with Gasteiger partial charge in [-0.15, -0.1) is 11.3 Å². The van der Waals surface area contributed by atoms with Crippen molar-refractivity contribution in [1.82, 2.24) is 5.32 Å². The summed E-state index contributed by atoms with van der Waals surface area (Å²) in [6, 6.07) is 12.0. The Hall–Kier alpha value is -2.84. The van der Waals surface area contributed by atoms with Gasteiger partial charge in [0, 0.05) is 4.88 Å². The van der Waals surface area contributed by atoms with E-state index in [1.165, 1.54) is 35.6 Å². The largest absolute Gasteiger partial charge is 0.416 e. The summed E-state index contributed by atoms with van der Waals surface area (Å²) >= 11 is 7.12. The number of carbonyl (C=O) groups excluding carboxylic acids is 2. The first-order chi connectivity index (χ1) is 13.6. The molecule has 2 aromatic carbocycles. The van der Waals surface area contributed by atoms with Gasteiger partial charge in [-0.25, -0.2) is 4.79 Å². The normalized spacial score (nSPS) is 11.2. The molecule has 150 valence electrons. The van der Waals surface area contributed by atoms with Crippen LogP contribution in [0.3, 0.4) is 0 Å². The average Bonchev–Trinajstić information content (AvgIpc) is 3.01. The lowest BCUT2D eigenvalue weighted by atomic mass is 10.1. The molecule has 0 unspecified atom stereocenters. The molecule has 0 spiro atoms. The third-order valence-electron chi connectivity index (χ3n) is 3.97. The Balaban J connectivity index is 1.71.